The Kier molecular flexibility index (Phi) is 4.51. The molecule has 3 aromatic rings. The van der Waals surface area contributed by atoms with E-state index in [1.54, 1.807) is 21.8 Å². The molecule has 2 aromatic heterocycles. The van der Waals surface area contributed by atoms with Gasteiger partial charge in [0.15, 0.2) is 5.65 Å². The molecule has 0 atom stereocenters. The summed E-state index contributed by atoms with van der Waals surface area (Å²) in [5.74, 6) is 0.290. The summed E-state index contributed by atoms with van der Waals surface area (Å²) in [6.45, 7) is 1.46. The van der Waals surface area contributed by atoms with Gasteiger partial charge >= 0.3 is 0 Å². The van der Waals surface area contributed by atoms with Crippen LogP contribution in [-0.2, 0) is 17.9 Å². The summed E-state index contributed by atoms with van der Waals surface area (Å²) in [5, 5.41) is 7.70. The summed E-state index contributed by atoms with van der Waals surface area (Å²) in [6, 6.07) is 9.79. The van der Waals surface area contributed by atoms with Crippen LogP contribution in [0.3, 0.4) is 0 Å². The van der Waals surface area contributed by atoms with Crippen molar-refractivity contribution < 1.29 is 4.79 Å². The summed E-state index contributed by atoms with van der Waals surface area (Å²) in [5.41, 5.74) is 1.49. The Morgan fingerprint density at radius 3 is 2.77 bits per heavy atom. The number of amides is 1. The van der Waals surface area contributed by atoms with E-state index in [9.17, 15) is 9.59 Å². The highest BCUT2D eigenvalue weighted by Gasteiger charge is 2.24. The molecule has 1 saturated carbocycles. The van der Waals surface area contributed by atoms with Gasteiger partial charge in [0.1, 0.15) is 11.7 Å². The zero-order chi connectivity index (χ0) is 17.9. The molecule has 1 fully saturated rings. The van der Waals surface area contributed by atoms with E-state index >= 15 is 0 Å². The molecule has 1 amide bonds. The number of carbonyl (C=O) groups is 1. The molecule has 26 heavy (non-hydrogen) atoms. The van der Waals surface area contributed by atoms with E-state index in [-0.39, 0.29) is 17.4 Å². The number of nitrogens with zero attached hydrogens (tertiary/aromatic N) is 4. The van der Waals surface area contributed by atoms with Gasteiger partial charge in [0.25, 0.3) is 5.56 Å². The highest BCUT2D eigenvalue weighted by atomic mass is 16.2. The van der Waals surface area contributed by atoms with Crippen LogP contribution in [0.15, 0.2) is 47.7 Å². The van der Waals surface area contributed by atoms with Crippen LogP contribution in [0.2, 0.25) is 0 Å². The molecule has 0 aliphatic heterocycles. The normalized spacial score (nSPS) is 14.3. The molecule has 0 saturated heterocycles. The Hall–Kier alpha value is -2.96. The molecule has 0 bridgehead atoms. The van der Waals surface area contributed by atoms with Crippen molar-refractivity contribution in [1.29, 1.82) is 0 Å². The van der Waals surface area contributed by atoms with Gasteiger partial charge in [-0.2, -0.15) is 5.10 Å². The van der Waals surface area contributed by atoms with Gasteiger partial charge in [-0.25, -0.2) is 9.67 Å². The second-order valence-corrected chi connectivity index (χ2v) is 6.69. The van der Waals surface area contributed by atoms with Crippen LogP contribution in [-0.4, -0.2) is 31.8 Å². The summed E-state index contributed by atoms with van der Waals surface area (Å²) < 4.78 is 3.26. The van der Waals surface area contributed by atoms with E-state index in [1.807, 2.05) is 30.3 Å². The predicted octanol–water partition coefficient (Wildman–Crippen LogP) is 1.56. The zero-order valence-electron chi connectivity index (χ0n) is 14.5. The van der Waals surface area contributed by atoms with Crippen LogP contribution in [0, 0.1) is 5.92 Å². The van der Waals surface area contributed by atoms with Crippen molar-refractivity contribution in [3.8, 4) is 0 Å². The smallest absolute Gasteiger partial charge is 0.264 e. The van der Waals surface area contributed by atoms with Gasteiger partial charge in [0, 0.05) is 12.5 Å². The maximum Gasteiger partial charge on any atom is 0.264 e. The summed E-state index contributed by atoms with van der Waals surface area (Å²) in [6.07, 6.45) is 6.22. The first-order chi connectivity index (χ1) is 12.7. The van der Waals surface area contributed by atoms with Crippen molar-refractivity contribution in [3.05, 3.63) is 58.8 Å². The van der Waals surface area contributed by atoms with Gasteiger partial charge in [0.2, 0.25) is 5.91 Å². The highest BCUT2D eigenvalue weighted by molar-refractivity contribution is 5.79. The third-order valence-corrected chi connectivity index (χ3v) is 4.92. The SMILES string of the molecule is O=C(NCCn1ncc2c(=O)n(Cc3ccccc3)cnc21)C1CCC1. The fourth-order valence-electron chi connectivity index (χ4n) is 3.15. The lowest BCUT2D eigenvalue weighted by Gasteiger charge is -2.23. The minimum absolute atomic E-state index is 0.108. The number of hydrogen-bond acceptors (Lipinski definition) is 4. The van der Waals surface area contributed by atoms with E-state index < -0.39 is 0 Å². The first kappa shape index (κ1) is 16.5. The first-order valence-corrected chi connectivity index (χ1v) is 8.95. The third-order valence-electron chi connectivity index (χ3n) is 4.92. The number of rotatable bonds is 6. The van der Waals surface area contributed by atoms with Crippen molar-refractivity contribution in [2.24, 2.45) is 5.92 Å². The fourth-order valence-corrected chi connectivity index (χ4v) is 3.15. The van der Waals surface area contributed by atoms with E-state index in [0.29, 0.717) is 30.7 Å². The lowest BCUT2D eigenvalue weighted by molar-refractivity contribution is -0.127. The molecular formula is C19H21N5O2. The molecule has 0 spiro atoms. The quantitative estimate of drug-likeness (QED) is 0.731. The second kappa shape index (κ2) is 7.11. The molecule has 1 aromatic carbocycles. The van der Waals surface area contributed by atoms with Crippen molar-refractivity contribution in [1.82, 2.24) is 24.6 Å². The van der Waals surface area contributed by atoms with Gasteiger partial charge in [-0.3, -0.25) is 14.2 Å². The fraction of sp³-hybridized carbons (Fsp3) is 0.368. The Morgan fingerprint density at radius 2 is 2.04 bits per heavy atom. The van der Waals surface area contributed by atoms with Gasteiger partial charge in [-0.05, 0) is 18.4 Å². The Bertz CT molecular complexity index is 973. The van der Waals surface area contributed by atoms with Crippen LogP contribution in [0.5, 0.6) is 0 Å². The number of benzene rings is 1. The molecular weight excluding hydrogens is 330 g/mol. The second-order valence-electron chi connectivity index (χ2n) is 6.69. The molecule has 2 heterocycles. The first-order valence-electron chi connectivity index (χ1n) is 8.95. The topological polar surface area (TPSA) is 81.8 Å². The van der Waals surface area contributed by atoms with Gasteiger partial charge < -0.3 is 5.32 Å². The minimum Gasteiger partial charge on any atom is -0.354 e. The largest absolute Gasteiger partial charge is 0.354 e. The van der Waals surface area contributed by atoms with Crippen LogP contribution in [0.25, 0.3) is 11.0 Å². The number of hydrogen-bond donors (Lipinski definition) is 1. The van der Waals surface area contributed by atoms with Crippen molar-refractivity contribution in [2.45, 2.75) is 32.4 Å². The van der Waals surface area contributed by atoms with Gasteiger partial charge in [0.05, 0.1) is 19.3 Å². The van der Waals surface area contributed by atoms with E-state index in [4.69, 9.17) is 0 Å². The third kappa shape index (κ3) is 3.24. The number of fused-ring (bicyclic) bond motifs is 1. The predicted molar refractivity (Wildman–Crippen MR) is 97.7 cm³/mol. The van der Waals surface area contributed by atoms with Crippen LogP contribution < -0.4 is 10.9 Å². The molecule has 0 unspecified atom stereocenters. The lowest BCUT2D eigenvalue weighted by atomic mass is 9.85. The van der Waals surface area contributed by atoms with E-state index in [2.05, 4.69) is 15.4 Å². The number of aromatic nitrogens is 4. The molecule has 4 rings (SSSR count). The maximum absolute atomic E-state index is 12.7. The van der Waals surface area contributed by atoms with Gasteiger partial charge in [-0.1, -0.05) is 36.8 Å². The zero-order valence-corrected chi connectivity index (χ0v) is 14.5. The number of nitrogens with one attached hydrogen (secondary N) is 1. The van der Waals surface area contributed by atoms with Crippen LogP contribution in [0.1, 0.15) is 24.8 Å². The van der Waals surface area contributed by atoms with Crippen molar-refractivity contribution >= 4 is 16.9 Å². The molecule has 7 nitrogen and oxygen atoms in total. The average Bonchev–Trinajstić information content (AvgIpc) is 3.01. The molecule has 1 N–H and O–H groups in total. The van der Waals surface area contributed by atoms with Gasteiger partial charge in [-0.15, -0.1) is 0 Å². The molecule has 134 valence electrons. The van der Waals surface area contributed by atoms with Crippen molar-refractivity contribution in [3.63, 3.8) is 0 Å². The minimum atomic E-state index is -0.108. The van der Waals surface area contributed by atoms with Crippen LogP contribution in [0.4, 0.5) is 0 Å². The monoisotopic (exact) mass is 351 g/mol. The molecule has 0 radical (unpaired) electrons. The Balaban J connectivity index is 1.47. The van der Waals surface area contributed by atoms with Crippen molar-refractivity contribution in [2.75, 3.05) is 6.54 Å². The Morgan fingerprint density at radius 1 is 1.23 bits per heavy atom. The summed E-state index contributed by atoms with van der Waals surface area (Å²) in [4.78, 5) is 29.0. The lowest BCUT2D eigenvalue weighted by Crippen LogP contribution is -2.36. The number of carbonyl (C=O) groups excluding carboxylic acids is 1. The molecule has 7 heteroatoms. The molecule has 1 aliphatic carbocycles. The van der Waals surface area contributed by atoms with E-state index in [1.165, 1.54) is 0 Å². The van der Waals surface area contributed by atoms with Crippen LogP contribution >= 0.6 is 0 Å². The summed E-state index contributed by atoms with van der Waals surface area (Å²) in [7, 11) is 0. The standard InChI is InChI=1S/C19H21N5O2/c25-18(15-7-4-8-15)20-9-10-24-17-16(11-22-24)19(26)23(13-21-17)12-14-5-2-1-3-6-14/h1-3,5-6,11,13,15H,4,7-10,12H2,(H,20,25). The molecule has 1 aliphatic rings. The van der Waals surface area contributed by atoms with E-state index in [0.717, 1.165) is 24.8 Å². The Labute approximate surface area is 150 Å². The average molecular weight is 351 g/mol. The highest BCUT2D eigenvalue weighted by Crippen LogP contribution is 2.26. The summed E-state index contributed by atoms with van der Waals surface area (Å²) >= 11 is 0. The maximum atomic E-state index is 12.7.